The normalized spacial score (nSPS) is 26.7. The van der Waals surface area contributed by atoms with Crippen LogP contribution in [0.25, 0.3) is 0 Å². The lowest BCUT2D eigenvalue weighted by Crippen LogP contribution is -2.58. The highest BCUT2D eigenvalue weighted by Crippen LogP contribution is 2.23. The molecule has 1 heterocycles. The van der Waals surface area contributed by atoms with E-state index in [0.717, 1.165) is 6.42 Å². The molecule has 2 atom stereocenters. The van der Waals surface area contributed by atoms with E-state index in [-0.39, 0.29) is 12.7 Å². The van der Waals surface area contributed by atoms with Crippen molar-refractivity contribution in [3.05, 3.63) is 0 Å². The summed E-state index contributed by atoms with van der Waals surface area (Å²) in [7, 11) is 0. The highest BCUT2D eigenvalue weighted by atomic mass is 16.5. The van der Waals surface area contributed by atoms with Crippen LogP contribution in [0.2, 0.25) is 0 Å². The summed E-state index contributed by atoms with van der Waals surface area (Å²) in [5, 5.41) is 18.4. The van der Waals surface area contributed by atoms with Crippen molar-refractivity contribution in [2.45, 2.75) is 51.4 Å². The van der Waals surface area contributed by atoms with Crippen LogP contribution in [0.3, 0.4) is 0 Å². The minimum atomic E-state index is -0.791. The van der Waals surface area contributed by atoms with Crippen molar-refractivity contribution in [1.82, 2.24) is 4.90 Å². The molecule has 0 bridgehead atoms. The number of carboxylic acid groups (broad SMARTS) is 1. The molecule has 0 spiro atoms. The first-order chi connectivity index (χ1) is 7.89. The second-order valence-electron chi connectivity index (χ2n) is 5.25. The van der Waals surface area contributed by atoms with Crippen molar-refractivity contribution < 1.29 is 19.7 Å². The first-order valence-electron chi connectivity index (χ1n) is 6.15. The fraction of sp³-hybridized carbons (Fsp3) is 0.917. The SMILES string of the molecule is CCCC(C(=O)O)N1CC(CO)OC(C)(C)C1. The molecule has 0 saturated carbocycles. The van der Waals surface area contributed by atoms with E-state index in [2.05, 4.69) is 0 Å². The van der Waals surface area contributed by atoms with Gasteiger partial charge in [0.1, 0.15) is 6.04 Å². The molecule has 0 aromatic carbocycles. The van der Waals surface area contributed by atoms with Crippen LogP contribution in [-0.4, -0.2) is 58.5 Å². The fourth-order valence-electron chi connectivity index (χ4n) is 2.41. The molecule has 5 heteroatoms. The van der Waals surface area contributed by atoms with E-state index in [1.165, 1.54) is 0 Å². The standard InChI is InChI=1S/C12H23NO4/c1-4-5-10(11(15)16)13-6-9(7-14)17-12(2,3)8-13/h9-10,14H,4-8H2,1-3H3,(H,15,16). The maximum Gasteiger partial charge on any atom is 0.320 e. The van der Waals surface area contributed by atoms with Gasteiger partial charge in [0.15, 0.2) is 0 Å². The van der Waals surface area contributed by atoms with Gasteiger partial charge < -0.3 is 14.9 Å². The Morgan fingerprint density at radius 3 is 2.71 bits per heavy atom. The van der Waals surface area contributed by atoms with E-state index in [0.29, 0.717) is 19.5 Å². The van der Waals surface area contributed by atoms with Crippen LogP contribution in [0.1, 0.15) is 33.6 Å². The van der Waals surface area contributed by atoms with Gasteiger partial charge in [0, 0.05) is 13.1 Å². The molecule has 0 aromatic heterocycles. The number of nitrogens with zero attached hydrogens (tertiary/aromatic N) is 1. The molecule has 0 aliphatic carbocycles. The Bertz CT molecular complexity index is 267. The van der Waals surface area contributed by atoms with Crippen LogP contribution in [0, 0.1) is 0 Å². The summed E-state index contributed by atoms with van der Waals surface area (Å²) >= 11 is 0. The quantitative estimate of drug-likeness (QED) is 0.746. The average molecular weight is 245 g/mol. The molecule has 0 radical (unpaired) electrons. The van der Waals surface area contributed by atoms with Crippen molar-refractivity contribution in [2.75, 3.05) is 19.7 Å². The summed E-state index contributed by atoms with van der Waals surface area (Å²) in [4.78, 5) is 13.2. The number of hydrogen-bond donors (Lipinski definition) is 2. The summed E-state index contributed by atoms with van der Waals surface area (Å²) in [6.45, 7) is 6.82. The molecule has 2 N–H and O–H groups in total. The molecule has 1 aliphatic rings. The van der Waals surface area contributed by atoms with Crippen LogP contribution in [0.4, 0.5) is 0 Å². The lowest BCUT2D eigenvalue weighted by atomic mass is 10.0. The maximum absolute atomic E-state index is 11.2. The number of aliphatic hydroxyl groups excluding tert-OH is 1. The van der Waals surface area contributed by atoms with Crippen molar-refractivity contribution in [3.8, 4) is 0 Å². The molecular weight excluding hydrogens is 222 g/mol. The topological polar surface area (TPSA) is 70.0 Å². The second-order valence-corrected chi connectivity index (χ2v) is 5.25. The number of hydrogen-bond acceptors (Lipinski definition) is 4. The van der Waals surface area contributed by atoms with Crippen molar-refractivity contribution >= 4 is 5.97 Å². The zero-order chi connectivity index (χ0) is 13.1. The van der Waals surface area contributed by atoms with Crippen LogP contribution in [0.15, 0.2) is 0 Å². The summed E-state index contributed by atoms with van der Waals surface area (Å²) in [6, 6.07) is -0.475. The number of rotatable bonds is 5. The minimum Gasteiger partial charge on any atom is -0.480 e. The van der Waals surface area contributed by atoms with E-state index in [1.807, 2.05) is 25.7 Å². The molecule has 2 unspecified atom stereocenters. The molecular formula is C12H23NO4. The van der Waals surface area contributed by atoms with Gasteiger partial charge in [-0.05, 0) is 20.3 Å². The van der Waals surface area contributed by atoms with Crippen molar-refractivity contribution in [2.24, 2.45) is 0 Å². The van der Waals surface area contributed by atoms with E-state index in [9.17, 15) is 15.0 Å². The highest BCUT2D eigenvalue weighted by Gasteiger charge is 2.38. The molecule has 1 aliphatic heterocycles. The molecule has 0 amide bonds. The molecule has 100 valence electrons. The molecule has 1 fully saturated rings. The zero-order valence-corrected chi connectivity index (χ0v) is 10.8. The van der Waals surface area contributed by atoms with Crippen molar-refractivity contribution in [3.63, 3.8) is 0 Å². The van der Waals surface area contributed by atoms with Gasteiger partial charge in [0.05, 0.1) is 18.3 Å². The first-order valence-corrected chi connectivity index (χ1v) is 6.15. The largest absolute Gasteiger partial charge is 0.480 e. The summed E-state index contributed by atoms with van der Waals surface area (Å²) in [6.07, 6.45) is 1.17. The minimum absolute atomic E-state index is 0.0710. The van der Waals surface area contributed by atoms with Crippen LogP contribution >= 0.6 is 0 Å². The van der Waals surface area contributed by atoms with Crippen LogP contribution in [-0.2, 0) is 9.53 Å². The van der Waals surface area contributed by atoms with Gasteiger partial charge in [-0.1, -0.05) is 13.3 Å². The van der Waals surface area contributed by atoms with E-state index in [4.69, 9.17) is 4.74 Å². The number of carbonyl (C=O) groups is 1. The predicted molar refractivity (Wildman–Crippen MR) is 63.9 cm³/mol. The first kappa shape index (κ1) is 14.4. The Morgan fingerprint density at radius 1 is 1.59 bits per heavy atom. The fourth-order valence-corrected chi connectivity index (χ4v) is 2.41. The van der Waals surface area contributed by atoms with E-state index in [1.54, 1.807) is 0 Å². The molecule has 0 aromatic rings. The molecule has 1 saturated heterocycles. The third kappa shape index (κ3) is 3.94. The number of aliphatic hydroxyl groups is 1. The van der Waals surface area contributed by atoms with Gasteiger partial charge in [0.25, 0.3) is 0 Å². The smallest absolute Gasteiger partial charge is 0.320 e. The summed E-state index contributed by atoms with van der Waals surface area (Å²) in [5.41, 5.74) is -0.410. The lowest BCUT2D eigenvalue weighted by molar-refractivity contribution is -0.169. The number of ether oxygens (including phenoxy) is 1. The van der Waals surface area contributed by atoms with E-state index < -0.39 is 17.6 Å². The Labute approximate surface area is 102 Å². The summed E-state index contributed by atoms with van der Waals surface area (Å²) in [5.74, 6) is -0.791. The van der Waals surface area contributed by atoms with E-state index >= 15 is 0 Å². The Morgan fingerprint density at radius 2 is 2.24 bits per heavy atom. The lowest BCUT2D eigenvalue weighted by Gasteiger charge is -2.44. The van der Waals surface area contributed by atoms with Gasteiger partial charge >= 0.3 is 5.97 Å². The number of morpholine rings is 1. The van der Waals surface area contributed by atoms with Gasteiger partial charge in [0.2, 0.25) is 0 Å². The van der Waals surface area contributed by atoms with Crippen molar-refractivity contribution in [1.29, 1.82) is 0 Å². The third-order valence-corrected chi connectivity index (χ3v) is 3.00. The van der Waals surface area contributed by atoms with Gasteiger partial charge in [-0.2, -0.15) is 0 Å². The van der Waals surface area contributed by atoms with Gasteiger partial charge in [-0.3, -0.25) is 9.69 Å². The number of carboxylic acids is 1. The predicted octanol–water partition coefficient (Wildman–Crippen LogP) is 0.711. The zero-order valence-electron chi connectivity index (χ0n) is 10.8. The van der Waals surface area contributed by atoms with Gasteiger partial charge in [-0.25, -0.2) is 0 Å². The Hall–Kier alpha value is -0.650. The third-order valence-electron chi connectivity index (χ3n) is 3.00. The second kappa shape index (κ2) is 5.80. The van der Waals surface area contributed by atoms with Crippen LogP contribution in [0.5, 0.6) is 0 Å². The molecule has 17 heavy (non-hydrogen) atoms. The maximum atomic E-state index is 11.2. The Balaban J connectivity index is 2.76. The molecule has 1 rings (SSSR count). The van der Waals surface area contributed by atoms with Crippen LogP contribution < -0.4 is 0 Å². The average Bonchev–Trinajstić information content (AvgIpc) is 2.22. The van der Waals surface area contributed by atoms with Gasteiger partial charge in [-0.15, -0.1) is 0 Å². The summed E-state index contributed by atoms with van der Waals surface area (Å²) < 4.78 is 5.68. The molecule has 5 nitrogen and oxygen atoms in total. The number of aliphatic carboxylic acids is 1. The highest BCUT2D eigenvalue weighted by molar-refractivity contribution is 5.73. The Kier molecular flexibility index (Phi) is 4.91. The monoisotopic (exact) mass is 245 g/mol.